The van der Waals surface area contributed by atoms with Gasteiger partial charge in [0, 0.05) is 16.7 Å². The van der Waals surface area contributed by atoms with Crippen LogP contribution in [0.25, 0.3) is 11.1 Å². The summed E-state index contributed by atoms with van der Waals surface area (Å²) in [4.78, 5) is 23.0. The van der Waals surface area contributed by atoms with E-state index in [1.165, 1.54) is 31.4 Å². The molecule has 0 aliphatic heterocycles. The van der Waals surface area contributed by atoms with E-state index < -0.39 is 17.8 Å². The summed E-state index contributed by atoms with van der Waals surface area (Å²) in [5.74, 6) is -4.37. The summed E-state index contributed by atoms with van der Waals surface area (Å²) >= 11 is 0. The molecule has 0 radical (unpaired) electrons. The van der Waals surface area contributed by atoms with Crippen LogP contribution in [0, 0.1) is 0 Å². The SMILES string of the molecule is COC(=O)CNC(=O)c1ccc2c(c1)C(F)(F)c1ccccc1-2. The Labute approximate surface area is 131 Å². The van der Waals surface area contributed by atoms with Crippen LogP contribution in [0.3, 0.4) is 0 Å². The number of carbonyl (C=O) groups excluding carboxylic acids is 2. The molecule has 23 heavy (non-hydrogen) atoms. The van der Waals surface area contributed by atoms with Crippen molar-refractivity contribution >= 4 is 11.9 Å². The molecule has 0 fully saturated rings. The molecule has 0 saturated carbocycles. The van der Waals surface area contributed by atoms with Gasteiger partial charge < -0.3 is 10.1 Å². The Hall–Kier alpha value is -2.76. The third-order valence-corrected chi connectivity index (χ3v) is 3.80. The molecule has 0 saturated heterocycles. The highest BCUT2D eigenvalue weighted by atomic mass is 19.3. The average Bonchev–Trinajstić information content (AvgIpc) is 2.80. The Morgan fingerprint density at radius 2 is 1.78 bits per heavy atom. The Balaban J connectivity index is 1.94. The molecule has 6 heteroatoms. The Bertz CT molecular complexity index is 802. The van der Waals surface area contributed by atoms with Gasteiger partial charge in [-0.05, 0) is 23.3 Å². The fourth-order valence-electron chi connectivity index (χ4n) is 2.64. The van der Waals surface area contributed by atoms with Crippen LogP contribution in [0.15, 0.2) is 42.5 Å². The topological polar surface area (TPSA) is 55.4 Å². The van der Waals surface area contributed by atoms with Crippen LogP contribution in [-0.4, -0.2) is 25.5 Å². The minimum absolute atomic E-state index is 0.0675. The van der Waals surface area contributed by atoms with Gasteiger partial charge in [0.2, 0.25) is 0 Å². The van der Waals surface area contributed by atoms with E-state index in [4.69, 9.17) is 0 Å². The molecule has 0 unspecified atom stereocenters. The Morgan fingerprint density at radius 3 is 2.52 bits per heavy atom. The first-order valence-electron chi connectivity index (χ1n) is 6.92. The van der Waals surface area contributed by atoms with Gasteiger partial charge in [-0.25, -0.2) is 0 Å². The second-order valence-corrected chi connectivity index (χ2v) is 5.14. The van der Waals surface area contributed by atoms with Crippen LogP contribution in [0.4, 0.5) is 8.78 Å². The van der Waals surface area contributed by atoms with Crippen LogP contribution in [0.5, 0.6) is 0 Å². The van der Waals surface area contributed by atoms with E-state index in [-0.39, 0.29) is 23.2 Å². The van der Waals surface area contributed by atoms with Gasteiger partial charge in [-0.2, -0.15) is 8.78 Å². The predicted octanol–water partition coefficient (Wildman–Crippen LogP) is 2.71. The van der Waals surface area contributed by atoms with Crippen LogP contribution in [0.1, 0.15) is 21.5 Å². The number of rotatable bonds is 3. The van der Waals surface area contributed by atoms with E-state index in [0.29, 0.717) is 11.1 Å². The highest BCUT2D eigenvalue weighted by Gasteiger charge is 2.44. The van der Waals surface area contributed by atoms with Gasteiger partial charge in [-0.1, -0.05) is 30.3 Å². The highest BCUT2D eigenvalue weighted by molar-refractivity contribution is 5.97. The van der Waals surface area contributed by atoms with Crippen LogP contribution in [-0.2, 0) is 15.5 Å². The summed E-state index contributed by atoms with van der Waals surface area (Å²) in [5, 5.41) is 2.33. The number of carbonyl (C=O) groups is 2. The smallest absolute Gasteiger partial charge is 0.325 e. The number of fused-ring (bicyclic) bond motifs is 3. The number of ether oxygens (including phenoxy) is 1. The first-order chi connectivity index (χ1) is 10.9. The summed E-state index contributed by atoms with van der Waals surface area (Å²) < 4.78 is 33.5. The van der Waals surface area contributed by atoms with Crippen molar-refractivity contribution in [2.75, 3.05) is 13.7 Å². The highest BCUT2D eigenvalue weighted by Crippen LogP contribution is 2.50. The molecular formula is C17H13F2NO3. The molecule has 2 aromatic rings. The molecule has 0 atom stereocenters. The van der Waals surface area contributed by atoms with Crippen molar-refractivity contribution in [1.29, 1.82) is 0 Å². The fourth-order valence-corrected chi connectivity index (χ4v) is 2.64. The minimum Gasteiger partial charge on any atom is -0.468 e. The number of alkyl halides is 2. The molecule has 2 aromatic carbocycles. The fraction of sp³-hybridized carbons (Fsp3) is 0.176. The van der Waals surface area contributed by atoms with Crippen molar-refractivity contribution < 1.29 is 23.1 Å². The van der Waals surface area contributed by atoms with Gasteiger partial charge in [-0.15, -0.1) is 0 Å². The molecule has 118 valence electrons. The molecule has 0 aromatic heterocycles. The van der Waals surface area contributed by atoms with Crippen molar-refractivity contribution in [2.24, 2.45) is 0 Å². The first-order valence-corrected chi connectivity index (χ1v) is 6.92. The minimum atomic E-state index is -3.15. The Morgan fingerprint density at radius 1 is 1.09 bits per heavy atom. The number of amides is 1. The zero-order chi connectivity index (χ0) is 16.6. The summed E-state index contributed by atoms with van der Waals surface area (Å²) in [5.41, 5.74) is 0.677. The number of halogens is 2. The lowest BCUT2D eigenvalue weighted by atomic mass is 10.0. The van der Waals surface area contributed by atoms with Gasteiger partial charge in [0.05, 0.1) is 7.11 Å². The normalized spacial score (nSPS) is 13.9. The van der Waals surface area contributed by atoms with Crippen molar-refractivity contribution in [3.05, 3.63) is 59.2 Å². The molecule has 1 N–H and O–H groups in total. The van der Waals surface area contributed by atoms with E-state index in [2.05, 4.69) is 10.1 Å². The summed E-state index contributed by atoms with van der Waals surface area (Å²) in [7, 11) is 1.20. The molecule has 1 aliphatic carbocycles. The van der Waals surface area contributed by atoms with Crippen LogP contribution in [0.2, 0.25) is 0 Å². The van der Waals surface area contributed by atoms with Crippen molar-refractivity contribution in [3.8, 4) is 11.1 Å². The molecule has 1 amide bonds. The number of hydrogen-bond acceptors (Lipinski definition) is 3. The van der Waals surface area contributed by atoms with Gasteiger partial charge >= 0.3 is 5.97 Å². The Kier molecular flexibility index (Phi) is 3.60. The summed E-state index contributed by atoms with van der Waals surface area (Å²) in [6.45, 7) is -0.316. The maximum Gasteiger partial charge on any atom is 0.325 e. The molecule has 0 spiro atoms. The van der Waals surface area contributed by atoms with Gasteiger partial charge in [0.1, 0.15) is 6.54 Å². The van der Waals surface area contributed by atoms with Crippen molar-refractivity contribution in [3.63, 3.8) is 0 Å². The molecular weight excluding hydrogens is 304 g/mol. The van der Waals surface area contributed by atoms with Gasteiger partial charge in [-0.3, -0.25) is 9.59 Å². The first kappa shape index (κ1) is 15.1. The van der Waals surface area contributed by atoms with E-state index in [0.717, 1.165) is 0 Å². The lowest BCUT2D eigenvalue weighted by Crippen LogP contribution is -2.30. The zero-order valence-electron chi connectivity index (χ0n) is 12.2. The molecule has 0 bridgehead atoms. The van der Waals surface area contributed by atoms with Crippen molar-refractivity contribution in [2.45, 2.75) is 5.92 Å². The second kappa shape index (κ2) is 5.46. The predicted molar refractivity (Wildman–Crippen MR) is 79.2 cm³/mol. The van der Waals surface area contributed by atoms with Crippen LogP contribution < -0.4 is 5.32 Å². The number of hydrogen-bond donors (Lipinski definition) is 1. The number of nitrogens with one attached hydrogen (secondary N) is 1. The van der Waals surface area contributed by atoms with E-state index >= 15 is 0 Å². The third-order valence-electron chi connectivity index (χ3n) is 3.80. The molecule has 1 aliphatic rings. The van der Waals surface area contributed by atoms with Gasteiger partial charge in [0.25, 0.3) is 11.8 Å². The van der Waals surface area contributed by atoms with E-state index in [9.17, 15) is 18.4 Å². The van der Waals surface area contributed by atoms with E-state index in [1.807, 2.05) is 0 Å². The van der Waals surface area contributed by atoms with Crippen molar-refractivity contribution in [1.82, 2.24) is 5.32 Å². The number of esters is 1. The monoisotopic (exact) mass is 317 g/mol. The third kappa shape index (κ3) is 2.46. The molecule has 0 heterocycles. The largest absolute Gasteiger partial charge is 0.468 e. The van der Waals surface area contributed by atoms with E-state index in [1.54, 1.807) is 18.2 Å². The summed E-state index contributed by atoms with van der Waals surface area (Å²) in [6.07, 6.45) is 0. The lowest BCUT2D eigenvalue weighted by molar-refractivity contribution is -0.139. The quantitative estimate of drug-likeness (QED) is 0.886. The second-order valence-electron chi connectivity index (χ2n) is 5.14. The lowest BCUT2D eigenvalue weighted by Gasteiger charge is -2.13. The van der Waals surface area contributed by atoms with Gasteiger partial charge in [0.15, 0.2) is 0 Å². The molecule has 4 nitrogen and oxygen atoms in total. The standard InChI is InChI=1S/C17H13F2NO3/c1-23-15(21)9-20-16(22)10-6-7-12-11-4-2-3-5-13(11)17(18,19)14(12)8-10/h2-8H,9H2,1H3,(H,20,22). The maximum absolute atomic E-state index is 14.5. The summed E-state index contributed by atoms with van der Waals surface area (Å²) in [6, 6.07) is 10.4. The maximum atomic E-state index is 14.5. The number of methoxy groups -OCH3 is 1. The zero-order valence-corrected chi connectivity index (χ0v) is 12.2. The molecule has 3 rings (SSSR count). The van der Waals surface area contributed by atoms with Crippen LogP contribution >= 0.6 is 0 Å². The number of benzene rings is 2. The average molecular weight is 317 g/mol.